The quantitative estimate of drug-likeness (QED) is 0.577. The topological polar surface area (TPSA) is 59.5 Å². The summed E-state index contributed by atoms with van der Waals surface area (Å²) < 4.78 is 7.23. The van der Waals surface area contributed by atoms with E-state index in [1.54, 1.807) is 18.3 Å². The van der Waals surface area contributed by atoms with Crippen molar-refractivity contribution in [3.63, 3.8) is 0 Å². The van der Waals surface area contributed by atoms with Gasteiger partial charge in [0.15, 0.2) is 5.76 Å². The number of benzene rings is 1. The van der Waals surface area contributed by atoms with Gasteiger partial charge in [-0.15, -0.1) is 0 Å². The van der Waals surface area contributed by atoms with Gasteiger partial charge in [-0.3, -0.25) is 4.79 Å². The fraction of sp³-hybridized carbons (Fsp3) is 0.200. The van der Waals surface area contributed by atoms with E-state index >= 15 is 0 Å². The molecule has 128 valence electrons. The molecule has 2 heterocycles. The lowest BCUT2D eigenvalue weighted by atomic mass is 10.1. The predicted molar refractivity (Wildman–Crippen MR) is 98.5 cm³/mol. The average Bonchev–Trinajstić information content (AvgIpc) is 3.15. The minimum absolute atomic E-state index is 0.234. The van der Waals surface area contributed by atoms with E-state index in [4.69, 9.17) is 4.42 Å². The molecule has 0 aliphatic carbocycles. The van der Waals surface area contributed by atoms with E-state index in [1.807, 2.05) is 6.92 Å². The van der Waals surface area contributed by atoms with Crippen molar-refractivity contribution < 1.29 is 9.21 Å². The molecule has 3 rings (SSSR count). The van der Waals surface area contributed by atoms with Crippen LogP contribution in [0.15, 0.2) is 52.2 Å². The van der Waals surface area contributed by atoms with E-state index < -0.39 is 0 Å². The summed E-state index contributed by atoms with van der Waals surface area (Å²) in [6, 6.07) is 11.8. The number of aromatic nitrogens is 1. The first-order valence-electron chi connectivity index (χ1n) is 8.10. The molecule has 1 N–H and O–H groups in total. The third-order valence-corrected chi connectivity index (χ3v) is 4.05. The van der Waals surface area contributed by atoms with Crippen molar-refractivity contribution in [2.24, 2.45) is 5.10 Å². The van der Waals surface area contributed by atoms with Crippen LogP contribution in [0.25, 0.3) is 5.69 Å². The Morgan fingerprint density at radius 3 is 2.48 bits per heavy atom. The number of aryl methyl sites for hydroxylation is 3. The van der Waals surface area contributed by atoms with Crippen LogP contribution in [-0.2, 0) is 0 Å². The Balaban J connectivity index is 1.84. The van der Waals surface area contributed by atoms with Gasteiger partial charge in [-0.25, -0.2) is 5.43 Å². The monoisotopic (exact) mass is 335 g/mol. The van der Waals surface area contributed by atoms with E-state index in [2.05, 4.69) is 60.1 Å². The van der Waals surface area contributed by atoms with Crippen molar-refractivity contribution in [2.45, 2.75) is 27.7 Å². The number of hydrogen-bond donors (Lipinski definition) is 1. The highest BCUT2D eigenvalue weighted by Gasteiger charge is 2.11. The summed E-state index contributed by atoms with van der Waals surface area (Å²) >= 11 is 0. The summed E-state index contributed by atoms with van der Waals surface area (Å²) in [4.78, 5) is 11.8. The van der Waals surface area contributed by atoms with Crippen LogP contribution in [0.5, 0.6) is 0 Å². The molecule has 0 saturated carbocycles. The second-order valence-corrected chi connectivity index (χ2v) is 6.18. The summed E-state index contributed by atoms with van der Waals surface area (Å²) in [5, 5.41) is 4.04. The van der Waals surface area contributed by atoms with Gasteiger partial charge in [0.25, 0.3) is 0 Å². The number of furan rings is 1. The molecule has 2 aromatic heterocycles. The Hall–Kier alpha value is -3.08. The Kier molecular flexibility index (Phi) is 4.57. The second-order valence-electron chi connectivity index (χ2n) is 6.18. The van der Waals surface area contributed by atoms with Crippen molar-refractivity contribution in [1.82, 2.24) is 9.99 Å². The highest BCUT2D eigenvalue weighted by Crippen LogP contribution is 2.21. The number of nitrogens with one attached hydrogen (secondary N) is 1. The minimum Gasteiger partial charge on any atom is -0.459 e. The molecule has 1 aromatic carbocycles. The van der Waals surface area contributed by atoms with Crippen LogP contribution in [0.1, 0.15) is 38.6 Å². The molecular weight excluding hydrogens is 314 g/mol. The molecule has 0 saturated heterocycles. The van der Waals surface area contributed by atoms with Crippen molar-refractivity contribution in [3.05, 3.63) is 76.5 Å². The first-order valence-corrected chi connectivity index (χ1v) is 8.10. The maximum Gasteiger partial charge on any atom is 0.307 e. The molecule has 5 heteroatoms. The van der Waals surface area contributed by atoms with Crippen LogP contribution in [0, 0.1) is 27.7 Å². The van der Waals surface area contributed by atoms with Crippen LogP contribution in [0.2, 0.25) is 0 Å². The lowest BCUT2D eigenvalue weighted by Crippen LogP contribution is -2.16. The summed E-state index contributed by atoms with van der Waals surface area (Å²) in [7, 11) is 0. The average molecular weight is 335 g/mol. The van der Waals surface area contributed by atoms with Gasteiger partial charge >= 0.3 is 5.91 Å². The molecule has 0 aliphatic rings. The number of hydrazone groups is 1. The number of hydrogen-bond acceptors (Lipinski definition) is 3. The van der Waals surface area contributed by atoms with Crippen molar-refractivity contribution in [3.8, 4) is 5.69 Å². The predicted octanol–water partition coefficient (Wildman–Crippen LogP) is 4.07. The zero-order valence-corrected chi connectivity index (χ0v) is 14.8. The SMILES string of the molecule is Cc1cc(C)cc(-n2c(C)cc(/C=N\NC(=O)c3ccco3)c2C)c1. The van der Waals surface area contributed by atoms with Gasteiger partial charge in [-0.05, 0) is 69.2 Å². The Labute approximate surface area is 147 Å². The zero-order valence-electron chi connectivity index (χ0n) is 14.8. The molecule has 3 aromatic rings. The molecule has 5 nitrogen and oxygen atoms in total. The smallest absolute Gasteiger partial charge is 0.307 e. The molecular formula is C20H21N3O2. The van der Waals surface area contributed by atoms with Crippen molar-refractivity contribution in [2.75, 3.05) is 0 Å². The normalized spacial score (nSPS) is 11.2. The molecule has 0 atom stereocenters. The largest absolute Gasteiger partial charge is 0.459 e. The van der Waals surface area contributed by atoms with Crippen LogP contribution >= 0.6 is 0 Å². The molecule has 1 amide bonds. The Bertz CT molecular complexity index is 914. The van der Waals surface area contributed by atoms with E-state index in [0.717, 1.165) is 22.6 Å². The summed E-state index contributed by atoms with van der Waals surface area (Å²) in [5.74, 6) is -0.137. The number of carbonyl (C=O) groups excluding carboxylic acids is 1. The first-order chi connectivity index (χ1) is 12.0. The standard InChI is InChI=1S/C20H21N3O2/c1-13-8-14(2)10-18(9-13)23-15(3)11-17(16(23)4)12-21-22-20(24)19-6-5-7-25-19/h5-12H,1-4H3,(H,22,24)/b21-12-. The highest BCUT2D eigenvalue weighted by atomic mass is 16.3. The molecule has 0 aliphatic heterocycles. The zero-order chi connectivity index (χ0) is 18.0. The Morgan fingerprint density at radius 2 is 1.84 bits per heavy atom. The van der Waals surface area contributed by atoms with Gasteiger partial charge in [0.05, 0.1) is 12.5 Å². The van der Waals surface area contributed by atoms with Gasteiger partial charge in [-0.1, -0.05) is 6.07 Å². The lowest BCUT2D eigenvalue weighted by Gasteiger charge is -2.11. The van der Waals surface area contributed by atoms with E-state index in [-0.39, 0.29) is 11.7 Å². The van der Waals surface area contributed by atoms with Crippen molar-refractivity contribution in [1.29, 1.82) is 0 Å². The number of rotatable bonds is 4. The maximum absolute atomic E-state index is 11.8. The van der Waals surface area contributed by atoms with E-state index in [0.29, 0.717) is 0 Å². The number of amides is 1. The van der Waals surface area contributed by atoms with E-state index in [9.17, 15) is 4.79 Å². The fourth-order valence-electron chi connectivity index (χ4n) is 3.02. The third-order valence-electron chi connectivity index (χ3n) is 4.05. The molecule has 0 radical (unpaired) electrons. The Morgan fingerprint density at radius 1 is 1.12 bits per heavy atom. The van der Waals surface area contributed by atoms with Crippen LogP contribution in [-0.4, -0.2) is 16.7 Å². The summed E-state index contributed by atoms with van der Waals surface area (Å²) in [6.07, 6.45) is 3.11. The van der Waals surface area contributed by atoms with Gasteiger partial charge in [0.1, 0.15) is 0 Å². The second kappa shape index (κ2) is 6.81. The van der Waals surface area contributed by atoms with Gasteiger partial charge in [-0.2, -0.15) is 5.10 Å². The highest BCUT2D eigenvalue weighted by molar-refractivity contribution is 5.92. The molecule has 0 spiro atoms. The first kappa shape index (κ1) is 16.8. The van der Waals surface area contributed by atoms with Gasteiger partial charge < -0.3 is 8.98 Å². The number of carbonyl (C=O) groups is 1. The molecule has 0 unspecified atom stereocenters. The summed E-state index contributed by atoms with van der Waals surface area (Å²) in [5.41, 5.74) is 9.19. The van der Waals surface area contributed by atoms with Crippen LogP contribution in [0.3, 0.4) is 0 Å². The van der Waals surface area contributed by atoms with Crippen LogP contribution in [0.4, 0.5) is 0 Å². The van der Waals surface area contributed by atoms with Gasteiger partial charge in [0, 0.05) is 22.6 Å². The molecule has 0 fully saturated rings. The minimum atomic E-state index is -0.371. The maximum atomic E-state index is 11.8. The van der Waals surface area contributed by atoms with Crippen molar-refractivity contribution >= 4 is 12.1 Å². The van der Waals surface area contributed by atoms with Gasteiger partial charge in [0.2, 0.25) is 0 Å². The third kappa shape index (κ3) is 3.55. The summed E-state index contributed by atoms with van der Waals surface area (Å²) in [6.45, 7) is 8.29. The lowest BCUT2D eigenvalue weighted by molar-refractivity contribution is 0.0927. The molecule has 25 heavy (non-hydrogen) atoms. The number of nitrogens with zero attached hydrogens (tertiary/aromatic N) is 2. The van der Waals surface area contributed by atoms with Crippen LogP contribution < -0.4 is 5.43 Å². The molecule has 0 bridgehead atoms. The fourth-order valence-corrected chi connectivity index (χ4v) is 3.02. The van der Waals surface area contributed by atoms with E-state index in [1.165, 1.54) is 17.4 Å².